The van der Waals surface area contributed by atoms with Crippen molar-refractivity contribution < 1.29 is 0 Å². The van der Waals surface area contributed by atoms with Crippen LogP contribution in [0.4, 0.5) is 5.82 Å². The molecule has 1 aliphatic rings. The smallest absolute Gasteiger partial charge is 0.149 e. The Kier molecular flexibility index (Phi) is 3.99. The van der Waals surface area contributed by atoms with Gasteiger partial charge in [-0.1, -0.05) is 19.3 Å². The minimum Gasteiger partial charge on any atom is -0.364 e. The van der Waals surface area contributed by atoms with Gasteiger partial charge in [0.1, 0.15) is 5.82 Å². The molecule has 2 unspecified atom stereocenters. The third-order valence-corrected chi connectivity index (χ3v) is 3.58. The van der Waals surface area contributed by atoms with E-state index in [9.17, 15) is 0 Å². The number of aromatic nitrogens is 2. The van der Waals surface area contributed by atoms with Crippen LogP contribution in [0.5, 0.6) is 0 Å². The number of anilines is 1. The molecule has 2 rings (SSSR count). The molecule has 0 amide bonds. The molecule has 1 aliphatic carbocycles. The van der Waals surface area contributed by atoms with E-state index in [1.165, 1.54) is 19.3 Å². The van der Waals surface area contributed by atoms with Gasteiger partial charge in [-0.3, -0.25) is 0 Å². The van der Waals surface area contributed by atoms with Gasteiger partial charge in [0.05, 0.1) is 11.6 Å². The van der Waals surface area contributed by atoms with Crippen molar-refractivity contribution in [2.45, 2.75) is 50.4 Å². The molecule has 0 bridgehead atoms. The fraction of sp³-hybridized carbons (Fsp3) is 0.667. The second kappa shape index (κ2) is 5.48. The second-order valence-electron chi connectivity index (χ2n) is 4.52. The maximum Gasteiger partial charge on any atom is 0.149 e. The van der Waals surface area contributed by atoms with Crippen molar-refractivity contribution in [3.8, 4) is 0 Å². The molecule has 0 radical (unpaired) electrons. The number of alkyl halides is 1. The zero-order chi connectivity index (χ0) is 11.4. The maximum absolute atomic E-state index is 6.37. The van der Waals surface area contributed by atoms with Crippen LogP contribution in [0, 0.1) is 6.92 Å². The van der Waals surface area contributed by atoms with E-state index < -0.39 is 0 Å². The van der Waals surface area contributed by atoms with Gasteiger partial charge >= 0.3 is 0 Å². The Bertz CT molecular complexity index is 343. The summed E-state index contributed by atoms with van der Waals surface area (Å²) in [6.07, 6.45) is 7.77. The molecule has 1 N–H and O–H groups in total. The van der Waals surface area contributed by atoms with E-state index >= 15 is 0 Å². The summed E-state index contributed by atoms with van der Waals surface area (Å²) in [5, 5.41) is 11.6. The average molecular weight is 240 g/mol. The Hall–Kier alpha value is -0.830. The third-order valence-electron chi connectivity index (χ3n) is 3.06. The van der Waals surface area contributed by atoms with Gasteiger partial charge in [-0.05, 0) is 31.4 Å². The standard InChI is InChI=1S/C12H18ClN3/c1-9-7-12(16-14-8-9)15-11-6-4-2-3-5-10(11)13/h7-8,10-11H,2-6H2,1H3,(H,15,16). The van der Waals surface area contributed by atoms with Crippen molar-refractivity contribution in [3.05, 3.63) is 17.8 Å². The molecule has 88 valence electrons. The fourth-order valence-corrected chi connectivity index (χ4v) is 2.49. The predicted molar refractivity (Wildman–Crippen MR) is 66.9 cm³/mol. The highest BCUT2D eigenvalue weighted by Crippen LogP contribution is 2.24. The number of hydrogen-bond donors (Lipinski definition) is 1. The van der Waals surface area contributed by atoms with Gasteiger partial charge in [-0.2, -0.15) is 5.10 Å². The van der Waals surface area contributed by atoms with Crippen LogP contribution in [0.1, 0.15) is 37.7 Å². The van der Waals surface area contributed by atoms with E-state index in [1.54, 1.807) is 6.20 Å². The molecule has 16 heavy (non-hydrogen) atoms. The fourth-order valence-electron chi connectivity index (χ4n) is 2.15. The number of halogens is 1. The van der Waals surface area contributed by atoms with E-state index in [2.05, 4.69) is 15.5 Å². The Morgan fingerprint density at radius 2 is 2.12 bits per heavy atom. The van der Waals surface area contributed by atoms with Gasteiger partial charge in [0.25, 0.3) is 0 Å². The van der Waals surface area contributed by atoms with Crippen molar-refractivity contribution in [3.63, 3.8) is 0 Å². The SMILES string of the molecule is Cc1cnnc(NC2CCCCCC2Cl)c1. The number of nitrogens with one attached hydrogen (secondary N) is 1. The molecule has 0 aromatic carbocycles. The van der Waals surface area contributed by atoms with Crippen molar-refractivity contribution in [2.24, 2.45) is 0 Å². The highest BCUT2D eigenvalue weighted by Gasteiger charge is 2.21. The van der Waals surface area contributed by atoms with Crippen LogP contribution < -0.4 is 5.32 Å². The maximum atomic E-state index is 6.37. The van der Waals surface area contributed by atoms with Gasteiger partial charge in [-0.25, -0.2) is 0 Å². The largest absolute Gasteiger partial charge is 0.364 e. The summed E-state index contributed by atoms with van der Waals surface area (Å²) in [7, 11) is 0. The van der Waals surface area contributed by atoms with Crippen LogP contribution in [0.2, 0.25) is 0 Å². The van der Waals surface area contributed by atoms with E-state index in [0.717, 1.165) is 24.2 Å². The zero-order valence-corrected chi connectivity index (χ0v) is 10.4. The molecule has 0 spiro atoms. The van der Waals surface area contributed by atoms with Gasteiger partial charge in [-0.15, -0.1) is 16.7 Å². The summed E-state index contributed by atoms with van der Waals surface area (Å²) in [6, 6.07) is 2.35. The lowest BCUT2D eigenvalue weighted by Crippen LogP contribution is -2.29. The predicted octanol–water partition coefficient (Wildman–Crippen LogP) is 3.14. The van der Waals surface area contributed by atoms with Crippen molar-refractivity contribution in [2.75, 3.05) is 5.32 Å². The third kappa shape index (κ3) is 3.08. The highest BCUT2D eigenvalue weighted by atomic mass is 35.5. The van der Waals surface area contributed by atoms with E-state index in [1.807, 2.05) is 13.0 Å². The van der Waals surface area contributed by atoms with Crippen LogP contribution in [0.25, 0.3) is 0 Å². The van der Waals surface area contributed by atoms with Gasteiger partial charge in [0, 0.05) is 6.04 Å². The normalized spacial score (nSPS) is 26.1. The number of rotatable bonds is 2. The van der Waals surface area contributed by atoms with E-state index in [4.69, 9.17) is 11.6 Å². The Morgan fingerprint density at radius 1 is 1.31 bits per heavy atom. The molecule has 1 fully saturated rings. The molecular weight excluding hydrogens is 222 g/mol. The lowest BCUT2D eigenvalue weighted by Gasteiger charge is -2.21. The average Bonchev–Trinajstić information content (AvgIpc) is 2.45. The first kappa shape index (κ1) is 11.6. The molecule has 1 aromatic heterocycles. The van der Waals surface area contributed by atoms with Crippen molar-refractivity contribution in [1.82, 2.24) is 10.2 Å². The van der Waals surface area contributed by atoms with Gasteiger partial charge < -0.3 is 5.32 Å². The minimum absolute atomic E-state index is 0.213. The first-order valence-electron chi connectivity index (χ1n) is 5.95. The summed E-state index contributed by atoms with van der Waals surface area (Å²) in [6.45, 7) is 2.02. The molecule has 1 heterocycles. The minimum atomic E-state index is 0.213. The van der Waals surface area contributed by atoms with E-state index in [0.29, 0.717) is 6.04 Å². The van der Waals surface area contributed by atoms with Gasteiger partial charge in [0.2, 0.25) is 0 Å². The highest BCUT2D eigenvalue weighted by molar-refractivity contribution is 6.21. The van der Waals surface area contributed by atoms with Crippen LogP contribution in [0.3, 0.4) is 0 Å². The monoisotopic (exact) mass is 239 g/mol. The summed E-state index contributed by atoms with van der Waals surface area (Å²) in [5.74, 6) is 0.845. The Labute approximate surface area is 102 Å². The van der Waals surface area contributed by atoms with Crippen molar-refractivity contribution in [1.29, 1.82) is 0 Å². The number of nitrogens with zero attached hydrogens (tertiary/aromatic N) is 2. The molecular formula is C12H18ClN3. The topological polar surface area (TPSA) is 37.8 Å². The van der Waals surface area contributed by atoms with Gasteiger partial charge in [0.15, 0.2) is 0 Å². The lowest BCUT2D eigenvalue weighted by atomic mass is 10.1. The number of hydrogen-bond acceptors (Lipinski definition) is 3. The summed E-state index contributed by atoms with van der Waals surface area (Å²) < 4.78 is 0. The molecule has 0 saturated heterocycles. The first-order valence-corrected chi connectivity index (χ1v) is 6.39. The summed E-state index contributed by atoms with van der Waals surface area (Å²) in [4.78, 5) is 0. The Balaban J connectivity index is 2.02. The van der Waals surface area contributed by atoms with Crippen molar-refractivity contribution >= 4 is 17.4 Å². The second-order valence-corrected chi connectivity index (χ2v) is 5.08. The van der Waals surface area contributed by atoms with E-state index in [-0.39, 0.29) is 5.38 Å². The molecule has 1 aromatic rings. The van der Waals surface area contributed by atoms with Crippen LogP contribution in [-0.4, -0.2) is 21.6 Å². The number of aryl methyl sites for hydroxylation is 1. The zero-order valence-electron chi connectivity index (χ0n) is 9.62. The lowest BCUT2D eigenvalue weighted by molar-refractivity contribution is 0.623. The summed E-state index contributed by atoms with van der Waals surface area (Å²) >= 11 is 6.37. The quantitative estimate of drug-likeness (QED) is 0.637. The molecule has 4 heteroatoms. The van der Waals surface area contributed by atoms with Crippen LogP contribution in [0.15, 0.2) is 12.3 Å². The Morgan fingerprint density at radius 3 is 2.94 bits per heavy atom. The van der Waals surface area contributed by atoms with Crippen LogP contribution >= 0.6 is 11.6 Å². The molecule has 0 aliphatic heterocycles. The molecule has 2 atom stereocenters. The van der Waals surface area contributed by atoms with Crippen LogP contribution in [-0.2, 0) is 0 Å². The first-order chi connectivity index (χ1) is 7.75. The molecule has 3 nitrogen and oxygen atoms in total. The molecule has 1 saturated carbocycles. The summed E-state index contributed by atoms with van der Waals surface area (Å²) in [5.41, 5.74) is 1.12.